The molecule has 2 aromatic rings. The molecule has 0 heterocycles. The van der Waals surface area contributed by atoms with Gasteiger partial charge in [-0.2, -0.15) is 0 Å². The molecule has 3 heteroatoms. The first-order chi connectivity index (χ1) is 9.20. The second-order valence-corrected chi connectivity index (χ2v) is 5.55. The largest absolute Gasteiger partial charge is 0.508 e. The molecule has 1 fully saturated rings. The predicted octanol–water partition coefficient (Wildman–Crippen LogP) is 4.40. The number of nitrogens with one attached hydrogen (secondary N) is 1. The Labute approximate surface area is 118 Å². The molecule has 0 unspecified atom stereocenters. The van der Waals surface area contributed by atoms with Gasteiger partial charge in [-0.1, -0.05) is 29.8 Å². The van der Waals surface area contributed by atoms with E-state index in [1.54, 1.807) is 12.1 Å². The van der Waals surface area contributed by atoms with Gasteiger partial charge in [0.25, 0.3) is 0 Å². The van der Waals surface area contributed by atoms with Gasteiger partial charge in [0.05, 0.1) is 0 Å². The first-order valence-corrected chi connectivity index (χ1v) is 6.89. The molecule has 0 aromatic heterocycles. The fourth-order valence-electron chi connectivity index (χ4n) is 2.60. The van der Waals surface area contributed by atoms with E-state index in [0.29, 0.717) is 17.7 Å². The second kappa shape index (κ2) is 5.14. The summed E-state index contributed by atoms with van der Waals surface area (Å²) in [6.07, 6.45) is 2.21. The summed E-state index contributed by atoms with van der Waals surface area (Å²) in [5.74, 6) is 0.893. The number of phenols is 1. The number of rotatable bonds is 3. The Morgan fingerprint density at radius 2 is 1.84 bits per heavy atom. The molecule has 1 aliphatic rings. The van der Waals surface area contributed by atoms with Crippen LogP contribution in [-0.2, 0) is 0 Å². The first-order valence-electron chi connectivity index (χ1n) is 6.52. The molecule has 0 saturated heterocycles. The van der Waals surface area contributed by atoms with Crippen molar-refractivity contribution in [1.29, 1.82) is 0 Å². The summed E-state index contributed by atoms with van der Waals surface area (Å²) in [6.45, 7) is 0. The Kier molecular flexibility index (Phi) is 3.34. The summed E-state index contributed by atoms with van der Waals surface area (Å²) in [5, 5.41) is 13.7. The smallest absolute Gasteiger partial charge is 0.117 e. The van der Waals surface area contributed by atoms with Crippen LogP contribution in [0.3, 0.4) is 0 Å². The molecule has 0 amide bonds. The van der Waals surface area contributed by atoms with Gasteiger partial charge in [-0.25, -0.2) is 0 Å². The maximum Gasteiger partial charge on any atom is 0.117 e. The summed E-state index contributed by atoms with van der Waals surface area (Å²) in [7, 11) is 0. The summed E-state index contributed by atoms with van der Waals surface area (Å²) < 4.78 is 0. The van der Waals surface area contributed by atoms with Gasteiger partial charge in [0.1, 0.15) is 5.75 Å². The Hall–Kier alpha value is -1.67. The average molecular weight is 274 g/mol. The normalized spacial score (nSPS) is 21.7. The zero-order valence-corrected chi connectivity index (χ0v) is 11.3. The van der Waals surface area contributed by atoms with E-state index >= 15 is 0 Å². The van der Waals surface area contributed by atoms with Crippen LogP contribution in [0.4, 0.5) is 5.69 Å². The number of hydrogen-bond acceptors (Lipinski definition) is 2. The number of phenolic OH excluding ortho intramolecular Hbond substituents is 1. The Morgan fingerprint density at radius 3 is 2.58 bits per heavy atom. The van der Waals surface area contributed by atoms with Crippen LogP contribution in [0.1, 0.15) is 24.3 Å². The molecule has 2 N–H and O–H groups in total. The highest BCUT2D eigenvalue weighted by molar-refractivity contribution is 6.30. The number of hydrogen-bond donors (Lipinski definition) is 2. The van der Waals surface area contributed by atoms with E-state index < -0.39 is 0 Å². The van der Waals surface area contributed by atoms with Crippen LogP contribution in [0.2, 0.25) is 5.02 Å². The van der Waals surface area contributed by atoms with Gasteiger partial charge in [0.2, 0.25) is 0 Å². The SMILES string of the molecule is Oc1cccc(NC2CC(c3cccc(Cl)c3)C2)c1. The zero-order valence-electron chi connectivity index (χ0n) is 10.5. The molecular weight excluding hydrogens is 258 g/mol. The standard InChI is InChI=1S/C16H16ClNO/c17-13-4-1-3-11(7-13)12-8-15(9-12)18-14-5-2-6-16(19)10-14/h1-7,10,12,15,18-19H,8-9H2. The quantitative estimate of drug-likeness (QED) is 0.868. The van der Waals surface area contributed by atoms with Crippen molar-refractivity contribution in [2.24, 2.45) is 0 Å². The molecule has 0 atom stereocenters. The minimum absolute atomic E-state index is 0.302. The van der Waals surface area contributed by atoms with Crippen LogP contribution in [0.5, 0.6) is 5.75 Å². The third-order valence-corrected chi connectivity index (χ3v) is 3.91. The molecule has 0 radical (unpaired) electrons. The van der Waals surface area contributed by atoms with Crippen molar-refractivity contribution in [1.82, 2.24) is 0 Å². The molecule has 2 aromatic carbocycles. The fraction of sp³-hybridized carbons (Fsp3) is 0.250. The van der Waals surface area contributed by atoms with Gasteiger partial charge in [-0.15, -0.1) is 0 Å². The minimum atomic E-state index is 0.302. The average Bonchev–Trinajstić information content (AvgIpc) is 2.33. The number of benzene rings is 2. The lowest BCUT2D eigenvalue weighted by Crippen LogP contribution is -2.33. The van der Waals surface area contributed by atoms with Gasteiger partial charge in [-0.3, -0.25) is 0 Å². The maximum absolute atomic E-state index is 9.42. The van der Waals surface area contributed by atoms with E-state index in [-0.39, 0.29) is 0 Å². The Morgan fingerprint density at radius 1 is 1.05 bits per heavy atom. The van der Waals surface area contributed by atoms with E-state index in [0.717, 1.165) is 23.6 Å². The molecule has 0 spiro atoms. The summed E-state index contributed by atoms with van der Waals surface area (Å²) in [5.41, 5.74) is 2.30. The van der Waals surface area contributed by atoms with Crippen molar-refractivity contribution in [3.63, 3.8) is 0 Å². The Balaban J connectivity index is 1.58. The van der Waals surface area contributed by atoms with Crippen LogP contribution in [0.15, 0.2) is 48.5 Å². The number of aromatic hydroxyl groups is 1. The highest BCUT2D eigenvalue weighted by Gasteiger charge is 2.30. The van der Waals surface area contributed by atoms with E-state index in [9.17, 15) is 5.11 Å². The van der Waals surface area contributed by atoms with Crippen LogP contribution in [0.25, 0.3) is 0 Å². The van der Waals surface area contributed by atoms with Crippen LogP contribution < -0.4 is 5.32 Å². The second-order valence-electron chi connectivity index (χ2n) is 5.11. The van der Waals surface area contributed by atoms with E-state index in [1.165, 1.54) is 5.56 Å². The third kappa shape index (κ3) is 2.85. The highest BCUT2D eigenvalue weighted by Crippen LogP contribution is 2.39. The molecule has 98 valence electrons. The monoisotopic (exact) mass is 273 g/mol. The van der Waals surface area contributed by atoms with Crippen LogP contribution in [-0.4, -0.2) is 11.1 Å². The minimum Gasteiger partial charge on any atom is -0.508 e. The van der Waals surface area contributed by atoms with Crippen molar-refractivity contribution in [3.05, 3.63) is 59.1 Å². The molecule has 3 rings (SSSR count). The van der Waals surface area contributed by atoms with Gasteiger partial charge in [-0.05, 0) is 48.6 Å². The molecule has 1 aliphatic carbocycles. The van der Waals surface area contributed by atoms with Crippen LogP contribution >= 0.6 is 11.6 Å². The lowest BCUT2D eigenvalue weighted by atomic mass is 9.76. The highest BCUT2D eigenvalue weighted by atomic mass is 35.5. The maximum atomic E-state index is 9.42. The van der Waals surface area contributed by atoms with Crippen LogP contribution in [0, 0.1) is 0 Å². The van der Waals surface area contributed by atoms with E-state index in [1.807, 2.05) is 24.3 Å². The molecule has 0 aliphatic heterocycles. The number of anilines is 1. The van der Waals surface area contributed by atoms with Crippen molar-refractivity contribution in [2.75, 3.05) is 5.32 Å². The summed E-state index contributed by atoms with van der Waals surface area (Å²) >= 11 is 6.01. The van der Waals surface area contributed by atoms with Crippen molar-refractivity contribution >= 4 is 17.3 Å². The van der Waals surface area contributed by atoms with Gasteiger partial charge < -0.3 is 10.4 Å². The lowest BCUT2D eigenvalue weighted by Gasteiger charge is -2.37. The van der Waals surface area contributed by atoms with Gasteiger partial charge >= 0.3 is 0 Å². The number of halogens is 1. The molecular formula is C16H16ClNO. The topological polar surface area (TPSA) is 32.3 Å². The van der Waals surface area contributed by atoms with Crippen molar-refractivity contribution in [2.45, 2.75) is 24.8 Å². The first kappa shape index (κ1) is 12.4. The van der Waals surface area contributed by atoms with E-state index in [2.05, 4.69) is 17.4 Å². The van der Waals surface area contributed by atoms with Crippen molar-refractivity contribution in [3.8, 4) is 5.75 Å². The summed E-state index contributed by atoms with van der Waals surface area (Å²) in [4.78, 5) is 0. The van der Waals surface area contributed by atoms with E-state index in [4.69, 9.17) is 11.6 Å². The lowest BCUT2D eigenvalue weighted by molar-refractivity contribution is 0.374. The molecule has 2 nitrogen and oxygen atoms in total. The summed E-state index contributed by atoms with van der Waals surface area (Å²) in [6, 6.07) is 15.9. The fourth-order valence-corrected chi connectivity index (χ4v) is 2.80. The molecule has 1 saturated carbocycles. The Bertz CT molecular complexity index is 578. The zero-order chi connectivity index (χ0) is 13.2. The van der Waals surface area contributed by atoms with Gasteiger partial charge in [0, 0.05) is 22.8 Å². The predicted molar refractivity (Wildman–Crippen MR) is 78.9 cm³/mol. The molecule has 19 heavy (non-hydrogen) atoms. The molecule has 0 bridgehead atoms. The third-order valence-electron chi connectivity index (χ3n) is 3.68. The van der Waals surface area contributed by atoms with Crippen molar-refractivity contribution < 1.29 is 5.11 Å². The van der Waals surface area contributed by atoms with Gasteiger partial charge in [0.15, 0.2) is 0 Å².